The molecule has 5 rings (SSSR count). The number of aryl methyl sites for hydroxylation is 3. The number of aliphatic hydroxyl groups excluding tert-OH is 3. The number of ether oxygens (including phenoxy) is 1. The van der Waals surface area contributed by atoms with E-state index in [1.165, 1.54) is 10.9 Å². The molecule has 0 unspecified atom stereocenters. The van der Waals surface area contributed by atoms with Crippen molar-refractivity contribution in [3.63, 3.8) is 0 Å². The Bertz CT molecular complexity index is 1470. The topological polar surface area (TPSA) is 131 Å². The molecule has 13 heteroatoms. The molecule has 0 spiro atoms. The first-order valence-corrected chi connectivity index (χ1v) is 12.2. The number of hydrogen-bond donors (Lipinski definition) is 3. The zero-order chi connectivity index (χ0) is 27.3. The molecule has 10 nitrogen and oxygen atoms in total. The minimum atomic E-state index is -1.42. The standard InChI is InChI=1S/C25H25ClF2N6O4/c1-11-4-5-12(2)18(6-11)34-25(29-13(3)31-34)24-23(37)21(22(36)19(10-35)38-24)33-9-17(30-32-33)14-7-15(27)20(26)16(28)8-14/h4-9,19,21-24,35-37H,10H2,1-3H3/t19-,21+,22+,23-,24-/m1/s1. The first kappa shape index (κ1) is 26.3. The molecule has 2 aromatic heterocycles. The summed E-state index contributed by atoms with van der Waals surface area (Å²) in [5, 5.41) is 44.2. The minimum absolute atomic E-state index is 0.0623. The van der Waals surface area contributed by atoms with Gasteiger partial charge in [-0.2, -0.15) is 5.10 Å². The second-order valence-corrected chi connectivity index (χ2v) is 9.68. The zero-order valence-electron chi connectivity index (χ0n) is 20.6. The van der Waals surface area contributed by atoms with E-state index in [1.807, 2.05) is 32.0 Å². The van der Waals surface area contributed by atoms with Crippen LogP contribution in [0.4, 0.5) is 8.78 Å². The maximum Gasteiger partial charge on any atom is 0.164 e. The van der Waals surface area contributed by atoms with Gasteiger partial charge in [0, 0.05) is 5.56 Å². The molecule has 0 aliphatic carbocycles. The zero-order valence-corrected chi connectivity index (χ0v) is 21.4. The van der Waals surface area contributed by atoms with Crippen LogP contribution in [0.1, 0.15) is 34.9 Å². The largest absolute Gasteiger partial charge is 0.394 e. The van der Waals surface area contributed by atoms with Crippen molar-refractivity contribution in [1.82, 2.24) is 29.8 Å². The minimum Gasteiger partial charge on any atom is -0.394 e. The highest BCUT2D eigenvalue weighted by molar-refractivity contribution is 6.31. The molecule has 0 radical (unpaired) electrons. The van der Waals surface area contributed by atoms with Gasteiger partial charge < -0.3 is 20.1 Å². The first-order valence-electron chi connectivity index (χ1n) is 11.8. The number of halogens is 3. The van der Waals surface area contributed by atoms with E-state index in [0.29, 0.717) is 5.82 Å². The lowest BCUT2D eigenvalue weighted by Crippen LogP contribution is -2.53. The molecule has 1 saturated heterocycles. The number of nitrogens with zero attached hydrogens (tertiary/aromatic N) is 6. The van der Waals surface area contributed by atoms with E-state index in [1.54, 1.807) is 11.6 Å². The SMILES string of the molecule is Cc1ccc(C)c(-n2nc(C)nc2[C@@H]2O[C@H](CO)[C@H](O)[C@H](n3cc(-c4cc(F)c(Cl)c(F)c4)nn3)[C@H]2O)c1. The van der Waals surface area contributed by atoms with Crippen LogP contribution in [0.3, 0.4) is 0 Å². The number of aromatic nitrogens is 6. The van der Waals surface area contributed by atoms with Gasteiger partial charge in [0.2, 0.25) is 0 Å². The molecule has 3 heterocycles. The summed E-state index contributed by atoms with van der Waals surface area (Å²) in [5.74, 6) is -1.25. The van der Waals surface area contributed by atoms with Crippen LogP contribution in [0.15, 0.2) is 36.5 Å². The molecule has 1 fully saturated rings. The van der Waals surface area contributed by atoms with E-state index < -0.39 is 53.7 Å². The highest BCUT2D eigenvalue weighted by atomic mass is 35.5. The van der Waals surface area contributed by atoms with Crippen molar-refractivity contribution in [2.24, 2.45) is 0 Å². The second kappa shape index (κ2) is 10.1. The van der Waals surface area contributed by atoms with E-state index in [4.69, 9.17) is 16.3 Å². The highest BCUT2D eigenvalue weighted by Gasteiger charge is 2.48. The molecular weight excluding hydrogens is 522 g/mol. The average Bonchev–Trinajstić information content (AvgIpc) is 3.51. The van der Waals surface area contributed by atoms with Gasteiger partial charge in [0.25, 0.3) is 0 Å². The summed E-state index contributed by atoms with van der Waals surface area (Å²) < 4.78 is 36.7. The predicted molar refractivity (Wildman–Crippen MR) is 132 cm³/mol. The Morgan fingerprint density at radius 2 is 1.76 bits per heavy atom. The lowest BCUT2D eigenvalue weighted by Gasteiger charge is -2.41. The third kappa shape index (κ3) is 4.58. The van der Waals surface area contributed by atoms with E-state index in [-0.39, 0.29) is 17.1 Å². The summed E-state index contributed by atoms with van der Waals surface area (Å²) in [6.07, 6.45) is -3.74. The molecule has 5 atom stereocenters. The van der Waals surface area contributed by atoms with Gasteiger partial charge in [-0.05, 0) is 50.1 Å². The van der Waals surface area contributed by atoms with Gasteiger partial charge in [-0.3, -0.25) is 0 Å². The molecule has 1 aliphatic heterocycles. The monoisotopic (exact) mass is 546 g/mol. The summed E-state index contributed by atoms with van der Waals surface area (Å²) in [7, 11) is 0. The van der Waals surface area contributed by atoms with Crippen molar-refractivity contribution < 1.29 is 28.8 Å². The highest BCUT2D eigenvalue weighted by Crippen LogP contribution is 2.39. The fraction of sp³-hybridized carbons (Fsp3) is 0.360. The number of rotatable bonds is 5. The van der Waals surface area contributed by atoms with Gasteiger partial charge in [0.15, 0.2) is 5.82 Å². The van der Waals surface area contributed by atoms with Crippen molar-refractivity contribution >= 4 is 11.6 Å². The van der Waals surface area contributed by atoms with E-state index in [2.05, 4.69) is 20.4 Å². The van der Waals surface area contributed by atoms with Crippen LogP contribution in [0, 0.1) is 32.4 Å². The maximum atomic E-state index is 14.0. The molecule has 2 aromatic carbocycles. The van der Waals surface area contributed by atoms with Gasteiger partial charge in [-0.25, -0.2) is 23.1 Å². The predicted octanol–water partition coefficient (Wildman–Crippen LogP) is 2.78. The molecule has 1 aliphatic rings. The molecule has 4 aromatic rings. The van der Waals surface area contributed by atoms with Gasteiger partial charge in [0.1, 0.15) is 58.6 Å². The molecule has 0 amide bonds. The van der Waals surface area contributed by atoms with Gasteiger partial charge >= 0.3 is 0 Å². The van der Waals surface area contributed by atoms with Gasteiger partial charge in [-0.1, -0.05) is 28.9 Å². The Morgan fingerprint density at radius 3 is 2.45 bits per heavy atom. The number of hydrogen-bond acceptors (Lipinski definition) is 8. The summed E-state index contributed by atoms with van der Waals surface area (Å²) in [4.78, 5) is 4.50. The summed E-state index contributed by atoms with van der Waals surface area (Å²) in [5.41, 5.74) is 2.77. The Balaban J connectivity index is 1.55. The Labute approximate surface area is 221 Å². The van der Waals surface area contributed by atoms with Crippen LogP contribution in [-0.4, -0.2) is 70.0 Å². The summed E-state index contributed by atoms with van der Waals surface area (Å²) >= 11 is 5.58. The third-order valence-electron chi connectivity index (χ3n) is 6.57. The third-order valence-corrected chi connectivity index (χ3v) is 6.93. The van der Waals surface area contributed by atoms with E-state index in [0.717, 1.165) is 28.9 Å². The number of aliphatic hydroxyl groups is 3. The normalized spacial score (nSPS) is 23.7. The summed E-state index contributed by atoms with van der Waals surface area (Å²) in [6, 6.07) is 6.68. The lowest BCUT2D eigenvalue weighted by atomic mass is 9.92. The van der Waals surface area contributed by atoms with Crippen LogP contribution in [0.5, 0.6) is 0 Å². The fourth-order valence-electron chi connectivity index (χ4n) is 4.63. The molecule has 200 valence electrons. The Kier molecular flexibility index (Phi) is 7.01. The van der Waals surface area contributed by atoms with Crippen molar-refractivity contribution in [3.8, 4) is 16.9 Å². The van der Waals surface area contributed by atoms with Crippen LogP contribution < -0.4 is 0 Å². The molecule has 0 saturated carbocycles. The van der Waals surface area contributed by atoms with Gasteiger partial charge in [-0.15, -0.1) is 5.10 Å². The van der Waals surface area contributed by atoms with Crippen LogP contribution in [0.25, 0.3) is 16.9 Å². The van der Waals surface area contributed by atoms with Crippen LogP contribution in [0.2, 0.25) is 5.02 Å². The Morgan fingerprint density at radius 1 is 1.05 bits per heavy atom. The lowest BCUT2D eigenvalue weighted by molar-refractivity contribution is -0.210. The molecule has 38 heavy (non-hydrogen) atoms. The maximum absolute atomic E-state index is 14.0. The van der Waals surface area contributed by atoms with E-state index in [9.17, 15) is 24.1 Å². The first-order chi connectivity index (χ1) is 18.1. The smallest absolute Gasteiger partial charge is 0.164 e. The van der Waals surface area contributed by atoms with E-state index >= 15 is 0 Å². The quantitative estimate of drug-likeness (QED) is 0.326. The fourth-order valence-corrected chi connectivity index (χ4v) is 4.74. The van der Waals surface area contributed by atoms with Crippen molar-refractivity contribution in [3.05, 3.63) is 76.0 Å². The van der Waals surface area contributed by atoms with Gasteiger partial charge in [0.05, 0.1) is 18.5 Å². The molecular formula is C25H25ClF2N6O4. The number of benzene rings is 2. The van der Waals surface area contributed by atoms with Crippen LogP contribution >= 0.6 is 11.6 Å². The Hall–Kier alpha value is -3.29. The van der Waals surface area contributed by atoms with Crippen LogP contribution in [-0.2, 0) is 4.74 Å². The second-order valence-electron chi connectivity index (χ2n) is 9.31. The molecule has 0 bridgehead atoms. The van der Waals surface area contributed by atoms with Crippen molar-refractivity contribution in [1.29, 1.82) is 0 Å². The summed E-state index contributed by atoms with van der Waals surface area (Å²) in [6.45, 7) is 4.99. The van der Waals surface area contributed by atoms with Crippen molar-refractivity contribution in [2.75, 3.05) is 6.61 Å². The molecule has 3 N–H and O–H groups in total. The van der Waals surface area contributed by atoms with Crippen molar-refractivity contribution in [2.45, 2.75) is 51.2 Å². The average molecular weight is 547 g/mol.